The normalized spacial score (nSPS) is 10.5. The van der Waals surface area contributed by atoms with Crippen LogP contribution in [0.4, 0.5) is 15.9 Å². The van der Waals surface area contributed by atoms with Crippen molar-refractivity contribution in [1.29, 1.82) is 0 Å². The van der Waals surface area contributed by atoms with Gasteiger partial charge in [0.1, 0.15) is 11.6 Å². The summed E-state index contributed by atoms with van der Waals surface area (Å²) in [6.07, 6.45) is 0. The molecule has 0 atom stereocenters. The number of anilines is 1. The molecule has 0 aliphatic rings. The van der Waals surface area contributed by atoms with Gasteiger partial charge in [-0.3, -0.25) is 10.1 Å². The molecular weight excluding hydrogens is 225 g/mol. The number of pyridine rings is 1. The number of nitro groups is 1. The molecule has 1 aromatic heterocycles. The van der Waals surface area contributed by atoms with Gasteiger partial charge in [-0.2, -0.15) is 0 Å². The maximum Gasteiger partial charge on any atom is 0.298 e. The van der Waals surface area contributed by atoms with E-state index < -0.39 is 10.7 Å². The molecule has 88 valence electrons. The van der Waals surface area contributed by atoms with E-state index in [-0.39, 0.29) is 11.2 Å². The molecule has 0 aliphatic carbocycles. The van der Waals surface area contributed by atoms with Crippen LogP contribution in [0.3, 0.4) is 0 Å². The zero-order valence-electron chi connectivity index (χ0n) is 9.32. The molecule has 0 bridgehead atoms. The van der Waals surface area contributed by atoms with Crippen molar-refractivity contribution in [3.8, 4) is 0 Å². The summed E-state index contributed by atoms with van der Waals surface area (Å²) in [5, 5.41) is 14.1. The number of aryl methyl sites for hydroxylation is 1. The zero-order valence-corrected chi connectivity index (χ0v) is 9.32. The fraction of sp³-hybridized carbons (Fsp3) is 0.182. The summed E-state index contributed by atoms with van der Waals surface area (Å²) in [7, 11) is 1.68. The highest BCUT2D eigenvalue weighted by molar-refractivity contribution is 5.89. The van der Waals surface area contributed by atoms with Crippen molar-refractivity contribution in [1.82, 2.24) is 4.98 Å². The van der Waals surface area contributed by atoms with Crippen molar-refractivity contribution in [2.45, 2.75) is 6.92 Å². The maximum atomic E-state index is 13.2. The third kappa shape index (κ3) is 1.89. The van der Waals surface area contributed by atoms with Crippen molar-refractivity contribution in [3.05, 3.63) is 39.7 Å². The van der Waals surface area contributed by atoms with Gasteiger partial charge in [-0.1, -0.05) is 0 Å². The highest BCUT2D eigenvalue weighted by atomic mass is 19.1. The smallest absolute Gasteiger partial charge is 0.298 e. The Hall–Kier alpha value is -2.24. The van der Waals surface area contributed by atoms with Crippen molar-refractivity contribution >= 4 is 22.4 Å². The third-order valence-electron chi connectivity index (χ3n) is 2.49. The van der Waals surface area contributed by atoms with Crippen LogP contribution in [0.1, 0.15) is 5.56 Å². The molecule has 1 N–H and O–H groups in total. The van der Waals surface area contributed by atoms with Crippen molar-refractivity contribution < 1.29 is 9.31 Å². The molecule has 2 rings (SSSR count). The molecule has 0 fully saturated rings. The Balaban J connectivity index is 2.86. The van der Waals surface area contributed by atoms with Gasteiger partial charge in [-0.25, -0.2) is 9.37 Å². The van der Waals surface area contributed by atoms with E-state index in [1.165, 1.54) is 6.07 Å². The number of rotatable bonds is 2. The summed E-state index contributed by atoms with van der Waals surface area (Å²) in [5.74, 6) is -0.0881. The van der Waals surface area contributed by atoms with E-state index in [9.17, 15) is 14.5 Å². The topological polar surface area (TPSA) is 68.1 Å². The first-order valence-electron chi connectivity index (χ1n) is 4.96. The van der Waals surface area contributed by atoms with E-state index in [1.807, 2.05) is 0 Å². The second-order valence-corrected chi connectivity index (χ2v) is 3.66. The predicted molar refractivity (Wildman–Crippen MR) is 62.6 cm³/mol. The van der Waals surface area contributed by atoms with E-state index in [1.54, 1.807) is 20.0 Å². The number of nitro benzene ring substituents is 1. The van der Waals surface area contributed by atoms with Gasteiger partial charge in [0.2, 0.25) is 0 Å². The van der Waals surface area contributed by atoms with Crippen LogP contribution >= 0.6 is 0 Å². The fourth-order valence-electron chi connectivity index (χ4n) is 1.73. The molecule has 0 unspecified atom stereocenters. The molecule has 0 radical (unpaired) electrons. The quantitative estimate of drug-likeness (QED) is 0.641. The fourth-order valence-corrected chi connectivity index (χ4v) is 1.73. The monoisotopic (exact) mass is 235 g/mol. The van der Waals surface area contributed by atoms with Gasteiger partial charge in [0, 0.05) is 12.4 Å². The van der Waals surface area contributed by atoms with Crippen LogP contribution in [0.5, 0.6) is 0 Å². The van der Waals surface area contributed by atoms with Crippen LogP contribution in [-0.4, -0.2) is 17.0 Å². The molecule has 0 spiro atoms. The van der Waals surface area contributed by atoms with Gasteiger partial charge < -0.3 is 5.32 Å². The molecule has 6 heteroatoms. The lowest BCUT2D eigenvalue weighted by Gasteiger charge is -2.06. The van der Waals surface area contributed by atoms with Crippen molar-refractivity contribution in [2.24, 2.45) is 0 Å². The highest BCUT2D eigenvalue weighted by Crippen LogP contribution is 2.28. The molecule has 17 heavy (non-hydrogen) atoms. The lowest BCUT2D eigenvalue weighted by molar-refractivity contribution is -0.383. The van der Waals surface area contributed by atoms with Gasteiger partial charge in [-0.15, -0.1) is 0 Å². The molecule has 0 saturated carbocycles. The first-order valence-corrected chi connectivity index (χ1v) is 4.96. The second kappa shape index (κ2) is 3.97. The third-order valence-corrected chi connectivity index (χ3v) is 2.49. The Bertz CT molecular complexity index is 613. The van der Waals surface area contributed by atoms with Crippen LogP contribution < -0.4 is 5.32 Å². The standard InChI is InChI=1S/C11H10FN3O2/c1-6-3-7-4-8(12)5-9(15(16)17)10(7)14-11(6)13-2/h3-5H,1-2H3,(H,13,14). The minimum Gasteiger partial charge on any atom is -0.373 e. The van der Waals surface area contributed by atoms with Crippen molar-refractivity contribution in [2.75, 3.05) is 12.4 Å². The van der Waals surface area contributed by atoms with Crippen LogP contribution in [0.2, 0.25) is 0 Å². The number of hydrogen-bond acceptors (Lipinski definition) is 4. The predicted octanol–water partition coefficient (Wildman–Crippen LogP) is 2.63. The maximum absolute atomic E-state index is 13.2. The SMILES string of the molecule is CNc1nc2c([N+](=O)[O-])cc(F)cc2cc1C. The van der Waals surface area contributed by atoms with Gasteiger partial charge in [0.25, 0.3) is 5.69 Å². The molecule has 1 aromatic carbocycles. The molecule has 0 saturated heterocycles. The number of hydrogen-bond donors (Lipinski definition) is 1. The Morgan fingerprint density at radius 3 is 2.71 bits per heavy atom. The van der Waals surface area contributed by atoms with Crippen LogP contribution in [0, 0.1) is 22.9 Å². The number of nitrogens with one attached hydrogen (secondary N) is 1. The largest absolute Gasteiger partial charge is 0.373 e. The number of non-ortho nitro benzene ring substituents is 1. The lowest BCUT2D eigenvalue weighted by Crippen LogP contribution is -1.99. The highest BCUT2D eigenvalue weighted by Gasteiger charge is 2.16. The molecule has 0 amide bonds. The van der Waals surface area contributed by atoms with Crippen molar-refractivity contribution in [3.63, 3.8) is 0 Å². The van der Waals surface area contributed by atoms with E-state index in [2.05, 4.69) is 10.3 Å². The van der Waals surface area contributed by atoms with E-state index >= 15 is 0 Å². The van der Waals surface area contributed by atoms with E-state index in [0.29, 0.717) is 11.2 Å². The van der Waals surface area contributed by atoms with E-state index in [4.69, 9.17) is 0 Å². The number of benzene rings is 1. The minimum atomic E-state index is -0.636. The summed E-state index contributed by atoms with van der Waals surface area (Å²) in [6, 6.07) is 3.79. The van der Waals surface area contributed by atoms with Gasteiger partial charge in [0.05, 0.1) is 11.0 Å². The molecule has 5 nitrogen and oxygen atoms in total. The number of fused-ring (bicyclic) bond motifs is 1. The Morgan fingerprint density at radius 1 is 1.41 bits per heavy atom. The Morgan fingerprint density at radius 2 is 2.12 bits per heavy atom. The van der Waals surface area contributed by atoms with Gasteiger partial charge >= 0.3 is 0 Å². The lowest BCUT2D eigenvalue weighted by atomic mass is 10.1. The summed E-state index contributed by atoms with van der Waals surface area (Å²) < 4.78 is 13.2. The summed E-state index contributed by atoms with van der Waals surface area (Å²) >= 11 is 0. The first kappa shape index (κ1) is 11.3. The van der Waals surface area contributed by atoms with E-state index in [0.717, 1.165) is 11.6 Å². The van der Waals surface area contributed by atoms with Crippen LogP contribution in [0.25, 0.3) is 10.9 Å². The molecular formula is C11H10FN3O2. The Labute approximate surface area is 96.4 Å². The molecule has 0 aliphatic heterocycles. The number of halogens is 1. The molecule has 1 heterocycles. The summed E-state index contributed by atoms with van der Waals surface area (Å²) in [4.78, 5) is 14.3. The minimum absolute atomic E-state index is 0.186. The number of nitrogens with zero attached hydrogens (tertiary/aromatic N) is 2. The summed E-state index contributed by atoms with van der Waals surface area (Å²) in [5.41, 5.74) is 0.669. The first-order chi connectivity index (χ1) is 8.02. The van der Waals surface area contributed by atoms with Crippen LogP contribution in [-0.2, 0) is 0 Å². The number of aromatic nitrogens is 1. The van der Waals surface area contributed by atoms with Gasteiger partial charge in [0.15, 0.2) is 5.52 Å². The van der Waals surface area contributed by atoms with Crippen LogP contribution in [0.15, 0.2) is 18.2 Å². The van der Waals surface area contributed by atoms with Gasteiger partial charge in [-0.05, 0) is 24.6 Å². The zero-order chi connectivity index (χ0) is 12.6. The average Bonchev–Trinajstić information content (AvgIpc) is 2.26. The second-order valence-electron chi connectivity index (χ2n) is 3.66. The molecule has 2 aromatic rings. The summed E-state index contributed by atoms with van der Waals surface area (Å²) in [6.45, 7) is 1.80. The Kier molecular flexibility index (Phi) is 2.63. The average molecular weight is 235 g/mol.